The molecule has 1 aromatic carbocycles. The van der Waals surface area contributed by atoms with Gasteiger partial charge in [-0.05, 0) is 18.4 Å². The Morgan fingerprint density at radius 3 is 2.75 bits per heavy atom. The zero-order valence-electron chi connectivity index (χ0n) is 6.99. The maximum atomic E-state index is 5.55. The predicted molar refractivity (Wildman–Crippen MR) is 47.6 cm³/mol. The molecule has 1 saturated heterocycles. The van der Waals surface area contributed by atoms with Crippen molar-refractivity contribution in [2.75, 3.05) is 6.61 Å². The van der Waals surface area contributed by atoms with Crippen LogP contribution >= 0.6 is 0 Å². The SMILES string of the molecule is [C]1CCC(c2ccccc2)OC1. The van der Waals surface area contributed by atoms with Crippen molar-refractivity contribution in [1.82, 2.24) is 0 Å². The molecule has 0 aromatic heterocycles. The molecular weight excluding hydrogens is 148 g/mol. The fourth-order valence-corrected chi connectivity index (χ4v) is 1.48. The van der Waals surface area contributed by atoms with E-state index in [-0.39, 0.29) is 0 Å². The van der Waals surface area contributed by atoms with Crippen LogP contribution in [0.15, 0.2) is 30.3 Å². The fourth-order valence-electron chi connectivity index (χ4n) is 1.48. The molecule has 0 bridgehead atoms. The number of benzene rings is 1. The van der Waals surface area contributed by atoms with Gasteiger partial charge in [-0.2, -0.15) is 0 Å². The molecule has 1 unspecified atom stereocenters. The minimum Gasteiger partial charge on any atom is -0.373 e. The van der Waals surface area contributed by atoms with Gasteiger partial charge in [-0.1, -0.05) is 30.3 Å². The van der Waals surface area contributed by atoms with Crippen molar-refractivity contribution in [3.63, 3.8) is 0 Å². The van der Waals surface area contributed by atoms with E-state index in [1.807, 2.05) is 6.07 Å². The van der Waals surface area contributed by atoms with Crippen molar-refractivity contribution in [2.24, 2.45) is 0 Å². The van der Waals surface area contributed by atoms with Crippen molar-refractivity contribution in [3.05, 3.63) is 42.3 Å². The molecule has 1 aliphatic heterocycles. The quantitative estimate of drug-likeness (QED) is 0.613. The molecule has 1 fully saturated rings. The Morgan fingerprint density at radius 1 is 1.25 bits per heavy atom. The number of hydrogen-bond donors (Lipinski definition) is 0. The predicted octanol–water partition coefficient (Wildman–Crippen LogP) is 2.62. The Balaban J connectivity index is 2.08. The van der Waals surface area contributed by atoms with E-state index in [4.69, 9.17) is 4.74 Å². The van der Waals surface area contributed by atoms with Gasteiger partial charge in [-0.25, -0.2) is 0 Å². The summed E-state index contributed by atoms with van der Waals surface area (Å²) in [5, 5.41) is 0. The van der Waals surface area contributed by atoms with Crippen LogP contribution in [0.4, 0.5) is 0 Å². The molecule has 12 heavy (non-hydrogen) atoms. The summed E-state index contributed by atoms with van der Waals surface area (Å²) in [7, 11) is 0. The summed E-state index contributed by atoms with van der Waals surface area (Å²) in [6.07, 6.45) is 5.59. The lowest BCUT2D eigenvalue weighted by molar-refractivity contribution is 0.0392. The van der Waals surface area contributed by atoms with Crippen LogP contribution in [-0.4, -0.2) is 6.61 Å². The Hall–Kier alpha value is -0.820. The number of ether oxygens (including phenoxy) is 1. The monoisotopic (exact) mass is 160 g/mol. The third-order valence-corrected chi connectivity index (χ3v) is 2.14. The average molecular weight is 160 g/mol. The standard InChI is InChI=1S/C11H12O/c1-2-6-10(7-3-1)11-8-4-5-9-12-11/h1-3,6-7,11H,4,8-9H2. The Kier molecular flexibility index (Phi) is 2.42. The molecule has 0 spiro atoms. The van der Waals surface area contributed by atoms with Crippen LogP contribution < -0.4 is 0 Å². The second-order valence-electron chi connectivity index (χ2n) is 3.00. The first kappa shape index (κ1) is 7.81. The molecule has 0 N–H and O–H groups in total. The third kappa shape index (κ3) is 1.67. The summed E-state index contributed by atoms with van der Waals surface area (Å²) in [5.74, 6) is 0. The highest BCUT2D eigenvalue weighted by molar-refractivity contribution is 5.17. The van der Waals surface area contributed by atoms with Gasteiger partial charge in [0, 0.05) is 6.42 Å². The van der Waals surface area contributed by atoms with E-state index in [1.165, 1.54) is 5.56 Å². The van der Waals surface area contributed by atoms with Gasteiger partial charge in [0.25, 0.3) is 0 Å². The number of hydrogen-bond acceptors (Lipinski definition) is 1. The van der Waals surface area contributed by atoms with E-state index in [0.717, 1.165) is 12.8 Å². The molecular formula is C11H12O. The largest absolute Gasteiger partial charge is 0.373 e. The van der Waals surface area contributed by atoms with Gasteiger partial charge >= 0.3 is 0 Å². The fraction of sp³-hybridized carbons (Fsp3) is 0.364. The molecule has 62 valence electrons. The Bertz CT molecular complexity index is 224. The lowest BCUT2D eigenvalue weighted by Gasteiger charge is -2.22. The van der Waals surface area contributed by atoms with Crippen LogP contribution in [0.25, 0.3) is 0 Å². The van der Waals surface area contributed by atoms with Crippen molar-refractivity contribution in [1.29, 1.82) is 0 Å². The van der Waals surface area contributed by atoms with Gasteiger partial charge in [0.2, 0.25) is 0 Å². The molecule has 1 nitrogen and oxygen atoms in total. The summed E-state index contributed by atoms with van der Waals surface area (Å²) in [6, 6.07) is 10.4. The first-order valence-corrected chi connectivity index (χ1v) is 4.34. The highest BCUT2D eigenvalue weighted by Gasteiger charge is 2.15. The van der Waals surface area contributed by atoms with Gasteiger partial charge in [0.15, 0.2) is 0 Å². The van der Waals surface area contributed by atoms with Crippen LogP contribution in [-0.2, 0) is 4.74 Å². The van der Waals surface area contributed by atoms with Crippen LogP contribution in [0, 0.1) is 6.42 Å². The van der Waals surface area contributed by atoms with Gasteiger partial charge in [0.05, 0.1) is 12.7 Å². The van der Waals surface area contributed by atoms with E-state index in [0.29, 0.717) is 12.7 Å². The molecule has 1 heterocycles. The second kappa shape index (κ2) is 3.72. The minimum atomic E-state index is 0.299. The first-order valence-electron chi connectivity index (χ1n) is 4.34. The second-order valence-corrected chi connectivity index (χ2v) is 3.00. The third-order valence-electron chi connectivity index (χ3n) is 2.14. The Morgan fingerprint density at radius 2 is 2.08 bits per heavy atom. The first-order chi connectivity index (χ1) is 5.97. The van der Waals surface area contributed by atoms with Crippen molar-refractivity contribution >= 4 is 0 Å². The molecule has 1 aromatic rings. The summed E-state index contributed by atoms with van der Waals surface area (Å²) in [6.45, 7) is 0.680. The van der Waals surface area contributed by atoms with Crippen LogP contribution in [0.3, 0.4) is 0 Å². The van der Waals surface area contributed by atoms with Crippen molar-refractivity contribution in [3.8, 4) is 0 Å². The summed E-state index contributed by atoms with van der Waals surface area (Å²) in [5.41, 5.74) is 1.29. The molecule has 1 heteroatoms. The van der Waals surface area contributed by atoms with Gasteiger partial charge in [0.1, 0.15) is 0 Å². The van der Waals surface area contributed by atoms with Gasteiger partial charge in [-0.15, -0.1) is 0 Å². The van der Waals surface area contributed by atoms with E-state index < -0.39 is 0 Å². The topological polar surface area (TPSA) is 9.23 Å². The Labute approximate surface area is 73.4 Å². The van der Waals surface area contributed by atoms with E-state index in [2.05, 4.69) is 30.7 Å². The summed E-state index contributed by atoms with van der Waals surface area (Å²) < 4.78 is 5.55. The van der Waals surface area contributed by atoms with Crippen LogP contribution in [0.1, 0.15) is 24.5 Å². The maximum absolute atomic E-state index is 5.55. The molecule has 2 radical (unpaired) electrons. The van der Waals surface area contributed by atoms with Gasteiger partial charge < -0.3 is 4.74 Å². The molecule has 0 aliphatic carbocycles. The summed E-state index contributed by atoms with van der Waals surface area (Å²) >= 11 is 0. The maximum Gasteiger partial charge on any atom is 0.0825 e. The van der Waals surface area contributed by atoms with Crippen molar-refractivity contribution < 1.29 is 4.74 Å². The normalized spacial score (nSPS) is 23.8. The zero-order valence-corrected chi connectivity index (χ0v) is 6.99. The molecule has 0 saturated carbocycles. The summed E-state index contributed by atoms with van der Waals surface area (Å²) in [4.78, 5) is 0. The molecule has 1 atom stereocenters. The molecule has 2 rings (SSSR count). The van der Waals surface area contributed by atoms with E-state index in [9.17, 15) is 0 Å². The highest BCUT2D eigenvalue weighted by Crippen LogP contribution is 2.26. The smallest absolute Gasteiger partial charge is 0.0825 e. The average Bonchev–Trinajstić information content (AvgIpc) is 2.21. The van der Waals surface area contributed by atoms with E-state index >= 15 is 0 Å². The van der Waals surface area contributed by atoms with Crippen LogP contribution in [0.2, 0.25) is 0 Å². The zero-order chi connectivity index (χ0) is 8.23. The van der Waals surface area contributed by atoms with E-state index in [1.54, 1.807) is 0 Å². The molecule has 1 aliphatic rings. The van der Waals surface area contributed by atoms with Gasteiger partial charge in [-0.3, -0.25) is 0 Å². The lowest BCUT2D eigenvalue weighted by atomic mass is 10.0. The minimum absolute atomic E-state index is 0.299. The highest BCUT2D eigenvalue weighted by atomic mass is 16.5. The van der Waals surface area contributed by atoms with Crippen molar-refractivity contribution in [2.45, 2.75) is 18.9 Å². The number of rotatable bonds is 1. The lowest BCUT2D eigenvalue weighted by Crippen LogP contribution is -2.11. The van der Waals surface area contributed by atoms with Crippen LogP contribution in [0.5, 0.6) is 0 Å². The molecule has 0 amide bonds.